The van der Waals surface area contributed by atoms with E-state index in [1.807, 2.05) is 0 Å². The molecule has 0 aliphatic heterocycles. The predicted octanol–water partition coefficient (Wildman–Crippen LogP) is 1.25. The average molecular weight is 202 g/mol. The lowest BCUT2D eigenvalue weighted by Gasteiger charge is -2.19. The molecule has 3 nitrogen and oxygen atoms in total. The van der Waals surface area contributed by atoms with Crippen LogP contribution in [-0.4, -0.2) is 30.3 Å². The highest BCUT2D eigenvalue weighted by atomic mass is 16.3. The molecule has 14 heavy (non-hydrogen) atoms. The Balaban J connectivity index is 3.60. The highest BCUT2D eigenvalue weighted by Gasteiger charge is 2.08. The van der Waals surface area contributed by atoms with Gasteiger partial charge in [-0.2, -0.15) is 0 Å². The lowest BCUT2D eigenvalue weighted by atomic mass is 10.1. The van der Waals surface area contributed by atoms with Crippen LogP contribution in [0.25, 0.3) is 0 Å². The summed E-state index contributed by atoms with van der Waals surface area (Å²) in [5, 5.41) is 12.7. The summed E-state index contributed by atoms with van der Waals surface area (Å²) in [7, 11) is 0. The maximum Gasteiger partial charge on any atom is 0.0786 e. The second kappa shape index (κ2) is 9.44. The highest BCUT2D eigenvalue weighted by Crippen LogP contribution is 2.06. The maximum absolute atomic E-state index is 9.31. The van der Waals surface area contributed by atoms with Gasteiger partial charge < -0.3 is 16.2 Å². The van der Waals surface area contributed by atoms with Crippen LogP contribution in [0.4, 0.5) is 0 Å². The van der Waals surface area contributed by atoms with Crippen molar-refractivity contribution in [2.75, 3.05) is 13.1 Å². The molecule has 0 bridgehead atoms. The van der Waals surface area contributed by atoms with Gasteiger partial charge in [0.05, 0.1) is 6.10 Å². The van der Waals surface area contributed by atoms with E-state index in [1.165, 1.54) is 32.1 Å². The van der Waals surface area contributed by atoms with Crippen LogP contribution in [0.1, 0.15) is 46.0 Å². The molecular formula is C11H26N2O. The summed E-state index contributed by atoms with van der Waals surface area (Å²) < 4.78 is 0. The van der Waals surface area contributed by atoms with Crippen molar-refractivity contribution in [3.8, 4) is 0 Å². The SMILES string of the molecule is CCCCC(CCC)NCC(O)CN. The third kappa shape index (κ3) is 7.30. The monoisotopic (exact) mass is 202 g/mol. The van der Waals surface area contributed by atoms with Crippen molar-refractivity contribution in [1.29, 1.82) is 0 Å². The molecule has 0 radical (unpaired) electrons. The molecule has 0 fully saturated rings. The largest absolute Gasteiger partial charge is 0.390 e. The molecule has 4 N–H and O–H groups in total. The lowest BCUT2D eigenvalue weighted by Crippen LogP contribution is -2.38. The van der Waals surface area contributed by atoms with Crippen LogP contribution in [0.2, 0.25) is 0 Å². The molecule has 0 spiro atoms. The molecule has 0 aliphatic rings. The lowest BCUT2D eigenvalue weighted by molar-refractivity contribution is 0.172. The van der Waals surface area contributed by atoms with Crippen LogP contribution in [0, 0.1) is 0 Å². The predicted molar refractivity (Wildman–Crippen MR) is 61.3 cm³/mol. The molecule has 0 heterocycles. The van der Waals surface area contributed by atoms with Crippen LogP contribution in [0.3, 0.4) is 0 Å². The summed E-state index contributed by atoms with van der Waals surface area (Å²) in [6, 6.07) is 0.557. The summed E-state index contributed by atoms with van der Waals surface area (Å²) in [5.74, 6) is 0. The van der Waals surface area contributed by atoms with Crippen LogP contribution < -0.4 is 11.1 Å². The molecule has 3 heteroatoms. The van der Waals surface area contributed by atoms with E-state index in [0.717, 1.165) is 0 Å². The Labute approximate surface area is 88.1 Å². The van der Waals surface area contributed by atoms with Gasteiger partial charge in [-0.3, -0.25) is 0 Å². The second-order valence-electron chi connectivity index (χ2n) is 3.93. The van der Waals surface area contributed by atoms with Crippen molar-refractivity contribution in [1.82, 2.24) is 5.32 Å². The zero-order valence-corrected chi connectivity index (χ0v) is 9.63. The number of unbranched alkanes of at least 4 members (excludes halogenated alkanes) is 1. The molecule has 2 atom stereocenters. The minimum absolute atomic E-state index is 0.347. The Hall–Kier alpha value is -0.120. The minimum Gasteiger partial charge on any atom is -0.390 e. The number of nitrogens with one attached hydrogen (secondary N) is 1. The van der Waals surface area contributed by atoms with E-state index in [2.05, 4.69) is 19.2 Å². The van der Waals surface area contributed by atoms with Gasteiger partial charge in [-0.05, 0) is 12.8 Å². The van der Waals surface area contributed by atoms with Gasteiger partial charge in [0.2, 0.25) is 0 Å². The Bertz CT molecular complexity index is 120. The van der Waals surface area contributed by atoms with Gasteiger partial charge >= 0.3 is 0 Å². The van der Waals surface area contributed by atoms with Gasteiger partial charge in [-0.15, -0.1) is 0 Å². The van der Waals surface area contributed by atoms with E-state index in [9.17, 15) is 5.11 Å². The van der Waals surface area contributed by atoms with Gasteiger partial charge in [0.1, 0.15) is 0 Å². The van der Waals surface area contributed by atoms with Gasteiger partial charge in [-0.1, -0.05) is 33.1 Å². The molecule has 0 aromatic rings. The second-order valence-corrected chi connectivity index (χ2v) is 3.93. The fraction of sp³-hybridized carbons (Fsp3) is 1.00. The first-order valence-corrected chi connectivity index (χ1v) is 5.86. The van der Waals surface area contributed by atoms with E-state index in [-0.39, 0.29) is 0 Å². The third-order valence-corrected chi connectivity index (χ3v) is 2.46. The van der Waals surface area contributed by atoms with Gasteiger partial charge in [0.25, 0.3) is 0 Å². The minimum atomic E-state index is -0.393. The number of hydrogen-bond acceptors (Lipinski definition) is 3. The van der Waals surface area contributed by atoms with Gasteiger partial charge in [0.15, 0.2) is 0 Å². The topological polar surface area (TPSA) is 58.3 Å². The summed E-state index contributed by atoms with van der Waals surface area (Å²) in [5.41, 5.74) is 5.34. The van der Waals surface area contributed by atoms with E-state index < -0.39 is 6.10 Å². The smallest absolute Gasteiger partial charge is 0.0786 e. The Morgan fingerprint density at radius 3 is 2.43 bits per heavy atom. The van der Waals surface area contributed by atoms with Crippen molar-refractivity contribution in [2.45, 2.75) is 58.1 Å². The fourth-order valence-corrected chi connectivity index (χ4v) is 1.53. The molecular weight excluding hydrogens is 176 g/mol. The summed E-state index contributed by atoms with van der Waals surface area (Å²) in [4.78, 5) is 0. The first-order valence-electron chi connectivity index (χ1n) is 5.86. The molecule has 0 saturated carbocycles. The van der Waals surface area contributed by atoms with Crippen molar-refractivity contribution < 1.29 is 5.11 Å². The molecule has 0 aliphatic carbocycles. The Kier molecular flexibility index (Phi) is 9.35. The van der Waals surface area contributed by atoms with Crippen LogP contribution in [0.15, 0.2) is 0 Å². The molecule has 0 aromatic heterocycles. The highest BCUT2D eigenvalue weighted by molar-refractivity contribution is 4.69. The zero-order valence-electron chi connectivity index (χ0n) is 9.63. The Morgan fingerprint density at radius 1 is 1.21 bits per heavy atom. The molecule has 0 saturated heterocycles. The average Bonchev–Trinajstić information content (AvgIpc) is 2.21. The third-order valence-electron chi connectivity index (χ3n) is 2.46. The van der Waals surface area contributed by atoms with Crippen molar-refractivity contribution in [2.24, 2.45) is 5.73 Å². The van der Waals surface area contributed by atoms with Crippen LogP contribution in [-0.2, 0) is 0 Å². The standard InChI is InChI=1S/C11H26N2O/c1-3-5-7-10(6-4-2)13-9-11(14)8-12/h10-11,13-14H,3-9,12H2,1-2H3. The normalized spacial score (nSPS) is 15.4. The zero-order chi connectivity index (χ0) is 10.8. The van der Waals surface area contributed by atoms with E-state index in [4.69, 9.17) is 5.73 Å². The summed E-state index contributed by atoms with van der Waals surface area (Å²) in [6.45, 7) is 5.38. The van der Waals surface area contributed by atoms with Crippen molar-refractivity contribution >= 4 is 0 Å². The van der Waals surface area contributed by atoms with E-state index in [0.29, 0.717) is 19.1 Å². The number of nitrogens with two attached hydrogens (primary N) is 1. The van der Waals surface area contributed by atoms with Gasteiger partial charge in [-0.25, -0.2) is 0 Å². The first kappa shape index (κ1) is 13.9. The van der Waals surface area contributed by atoms with Crippen LogP contribution in [0.5, 0.6) is 0 Å². The summed E-state index contributed by atoms with van der Waals surface area (Å²) in [6.07, 6.45) is 5.70. The molecule has 2 unspecified atom stereocenters. The van der Waals surface area contributed by atoms with Crippen LogP contribution >= 0.6 is 0 Å². The Morgan fingerprint density at radius 2 is 1.93 bits per heavy atom. The quantitative estimate of drug-likeness (QED) is 0.527. The van der Waals surface area contributed by atoms with Gasteiger partial charge in [0, 0.05) is 19.1 Å². The number of rotatable bonds is 9. The molecule has 86 valence electrons. The van der Waals surface area contributed by atoms with E-state index >= 15 is 0 Å². The maximum atomic E-state index is 9.31. The van der Waals surface area contributed by atoms with Crippen molar-refractivity contribution in [3.63, 3.8) is 0 Å². The number of hydrogen-bond donors (Lipinski definition) is 3. The fourth-order valence-electron chi connectivity index (χ4n) is 1.53. The summed E-state index contributed by atoms with van der Waals surface area (Å²) >= 11 is 0. The number of aliphatic hydroxyl groups is 1. The molecule has 0 aromatic carbocycles. The van der Waals surface area contributed by atoms with Crippen molar-refractivity contribution in [3.05, 3.63) is 0 Å². The molecule has 0 rings (SSSR count). The number of aliphatic hydroxyl groups excluding tert-OH is 1. The molecule has 0 amide bonds. The van der Waals surface area contributed by atoms with E-state index in [1.54, 1.807) is 0 Å². The first-order chi connectivity index (χ1) is 6.74.